The van der Waals surface area contributed by atoms with Gasteiger partial charge in [-0.2, -0.15) is 0 Å². The molecule has 0 fully saturated rings. The number of carbonyl (C=O) groups is 2. The summed E-state index contributed by atoms with van der Waals surface area (Å²) in [5, 5.41) is 3.58. The molecule has 0 saturated carbocycles. The largest absolute Gasteiger partial charge is 0.452 e. The number of hydrogen-bond donors (Lipinski definition) is 0. The van der Waals surface area contributed by atoms with Gasteiger partial charge >= 0.3 is 5.97 Å². The zero-order valence-electron chi connectivity index (χ0n) is 17.7. The van der Waals surface area contributed by atoms with Gasteiger partial charge in [0.1, 0.15) is 0 Å². The molecule has 4 rings (SSSR count). The van der Waals surface area contributed by atoms with E-state index in [0.717, 1.165) is 27.1 Å². The fourth-order valence-corrected chi connectivity index (χ4v) is 3.85. The Hall–Kier alpha value is -3.66. The summed E-state index contributed by atoms with van der Waals surface area (Å²) in [4.78, 5) is 27.8. The Morgan fingerprint density at radius 3 is 1.94 bits per heavy atom. The highest BCUT2D eigenvalue weighted by atomic mass is 16.5. The second kappa shape index (κ2) is 9.00. The highest BCUT2D eigenvalue weighted by molar-refractivity contribution is 6.16. The van der Waals surface area contributed by atoms with Crippen molar-refractivity contribution < 1.29 is 14.3 Å². The molecular formula is C27H25NO3. The first-order valence-corrected chi connectivity index (χ1v) is 10.5. The van der Waals surface area contributed by atoms with Crippen LogP contribution in [0.3, 0.4) is 0 Å². The lowest BCUT2D eigenvalue weighted by Crippen LogP contribution is -2.39. The lowest BCUT2D eigenvalue weighted by Gasteiger charge is -2.26. The monoisotopic (exact) mass is 411 g/mol. The van der Waals surface area contributed by atoms with Crippen molar-refractivity contribution >= 4 is 33.4 Å². The van der Waals surface area contributed by atoms with E-state index in [1.165, 1.54) is 0 Å². The van der Waals surface area contributed by atoms with Gasteiger partial charge < -0.3 is 9.64 Å². The maximum Gasteiger partial charge on any atom is 0.339 e. The van der Waals surface area contributed by atoms with Crippen LogP contribution >= 0.6 is 0 Å². The summed E-state index contributed by atoms with van der Waals surface area (Å²) < 4.78 is 5.54. The maximum atomic E-state index is 13.1. The van der Waals surface area contributed by atoms with Crippen LogP contribution in [-0.4, -0.2) is 29.4 Å². The van der Waals surface area contributed by atoms with Gasteiger partial charge in [0.25, 0.3) is 5.91 Å². The number of amides is 1. The predicted octanol–water partition coefficient (Wildman–Crippen LogP) is 5.59. The van der Waals surface area contributed by atoms with Crippen LogP contribution in [0, 0.1) is 0 Å². The van der Waals surface area contributed by atoms with Gasteiger partial charge in [0.05, 0.1) is 5.56 Å². The third-order valence-corrected chi connectivity index (χ3v) is 5.44. The van der Waals surface area contributed by atoms with E-state index >= 15 is 0 Å². The Balaban J connectivity index is 1.58. The number of rotatable bonds is 6. The number of carbonyl (C=O) groups excluding carboxylic acids is 2. The van der Waals surface area contributed by atoms with Crippen LogP contribution in [0.15, 0.2) is 84.9 Å². The van der Waals surface area contributed by atoms with E-state index in [1.807, 2.05) is 92.7 Å². The van der Waals surface area contributed by atoms with Crippen molar-refractivity contribution in [1.82, 2.24) is 4.90 Å². The molecule has 0 unspecified atom stereocenters. The minimum absolute atomic E-state index is 0.00945. The zero-order chi connectivity index (χ0) is 21.8. The molecule has 4 aromatic carbocycles. The smallest absolute Gasteiger partial charge is 0.339 e. The summed E-state index contributed by atoms with van der Waals surface area (Å²) in [6.07, 6.45) is 0. The van der Waals surface area contributed by atoms with Crippen LogP contribution in [0.2, 0.25) is 0 Å². The predicted molar refractivity (Wildman–Crippen MR) is 124 cm³/mol. The van der Waals surface area contributed by atoms with Crippen molar-refractivity contribution in [3.63, 3.8) is 0 Å². The Bertz CT molecular complexity index is 1180. The number of esters is 1. The molecular weight excluding hydrogens is 386 g/mol. The standard InChI is InChI=1S/C27H25NO3/c1-19(2)28(17-20-10-4-3-5-11-20)25(29)18-31-27(30)26-23-14-8-6-12-21(23)16-22-13-7-9-15-24(22)26/h3-16,19H,17-18H2,1-2H3. The van der Waals surface area contributed by atoms with Gasteiger partial charge in [-0.25, -0.2) is 4.79 Å². The van der Waals surface area contributed by atoms with Crippen LogP contribution < -0.4 is 0 Å². The number of nitrogens with zero attached hydrogens (tertiary/aromatic N) is 1. The van der Waals surface area contributed by atoms with E-state index in [1.54, 1.807) is 4.90 Å². The Morgan fingerprint density at radius 2 is 1.35 bits per heavy atom. The van der Waals surface area contributed by atoms with Gasteiger partial charge in [0.15, 0.2) is 6.61 Å². The van der Waals surface area contributed by atoms with Gasteiger partial charge in [0, 0.05) is 12.6 Å². The first kappa shape index (κ1) is 20.6. The highest BCUT2D eigenvalue weighted by Crippen LogP contribution is 2.29. The average Bonchev–Trinajstić information content (AvgIpc) is 2.79. The summed E-state index contributed by atoms with van der Waals surface area (Å²) in [6, 6.07) is 27.3. The molecule has 0 atom stereocenters. The first-order valence-electron chi connectivity index (χ1n) is 10.5. The molecule has 0 N–H and O–H groups in total. The minimum Gasteiger partial charge on any atom is -0.452 e. The summed E-state index contributed by atoms with van der Waals surface area (Å²) in [6.45, 7) is 4.11. The molecule has 4 aromatic rings. The fourth-order valence-electron chi connectivity index (χ4n) is 3.85. The van der Waals surface area contributed by atoms with E-state index in [0.29, 0.717) is 12.1 Å². The Morgan fingerprint density at radius 1 is 0.806 bits per heavy atom. The third-order valence-electron chi connectivity index (χ3n) is 5.44. The molecule has 0 aliphatic carbocycles. The second-order valence-electron chi connectivity index (χ2n) is 7.87. The van der Waals surface area contributed by atoms with Crippen LogP contribution in [-0.2, 0) is 16.1 Å². The van der Waals surface area contributed by atoms with Gasteiger partial charge in [-0.1, -0.05) is 78.9 Å². The molecule has 4 heteroatoms. The number of fused-ring (bicyclic) bond motifs is 2. The van der Waals surface area contributed by atoms with E-state index < -0.39 is 5.97 Å². The lowest BCUT2D eigenvalue weighted by molar-refractivity contribution is -0.136. The fraction of sp³-hybridized carbons (Fsp3) is 0.185. The Kier molecular flexibility index (Phi) is 5.99. The number of benzene rings is 4. The molecule has 0 heterocycles. The molecule has 0 spiro atoms. The van der Waals surface area contributed by atoms with Gasteiger partial charge in [-0.05, 0) is 47.0 Å². The molecule has 0 aliphatic rings. The maximum absolute atomic E-state index is 13.1. The van der Waals surface area contributed by atoms with E-state index in [2.05, 4.69) is 6.07 Å². The molecule has 4 nitrogen and oxygen atoms in total. The zero-order valence-corrected chi connectivity index (χ0v) is 17.7. The van der Waals surface area contributed by atoms with Crippen molar-refractivity contribution in [2.75, 3.05) is 6.61 Å². The van der Waals surface area contributed by atoms with E-state index in [-0.39, 0.29) is 18.6 Å². The van der Waals surface area contributed by atoms with Crippen molar-refractivity contribution in [3.05, 3.63) is 96.1 Å². The summed E-state index contributed by atoms with van der Waals surface area (Å²) in [7, 11) is 0. The van der Waals surface area contributed by atoms with Gasteiger partial charge in [-0.15, -0.1) is 0 Å². The van der Waals surface area contributed by atoms with Gasteiger partial charge in [0.2, 0.25) is 0 Å². The molecule has 0 aromatic heterocycles. The number of hydrogen-bond acceptors (Lipinski definition) is 3. The van der Waals surface area contributed by atoms with Crippen molar-refractivity contribution in [2.45, 2.75) is 26.4 Å². The molecule has 0 bridgehead atoms. The minimum atomic E-state index is -0.482. The van der Waals surface area contributed by atoms with Crippen LogP contribution in [0.4, 0.5) is 0 Å². The highest BCUT2D eigenvalue weighted by Gasteiger charge is 2.21. The average molecular weight is 412 g/mol. The first-order chi connectivity index (χ1) is 15.0. The van der Waals surface area contributed by atoms with E-state index in [9.17, 15) is 9.59 Å². The lowest BCUT2D eigenvalue weighted by atomic mass is 9.97. The van der Waals surface area contributed by atoms with Crippen molar-refractivity contribution in [2.24, 2.45) is 0 Å². The molecule has 1 amide bonds. The molecule has 156 valence electrons. The third kappa shape index (κ3) is 4.43. The van der Waals surface area contributed by atoms with Crippen LogP contribution in [0.1, 0.15) is 29.8 Å². The summed E-state index contributed by atoms with van der Waals surface area (Å²) in [5.74, 6) is -0.693. The quantitative estimate of drug-likeness (QED) is 0.307. The van der Waals surface area contributed by atoms with Gasteiger partial charge in [-0.3, -0.25) is 4.79 Å². The molecule has 0 saturated heterocycles. The summed E-state index contributed by atoms with van der Waals surface area (Å²) >= 11 is 0. The molecule has 0 radical (unpaired) electrons. The molecule has 31 heavy (non-hydrogen) atoms. The number of ether oxygens (including phenoxy) is 1. The second-order valence-corrected chi connectivity index (χ2v) is 7.87. The summed E-state index contributed by atoms with van der Waals surface area (Å²) in [5.41, 5.74) is 1.54. The topological polar surface area (TPSA) is 46.6 Å². The van der Waals surface area contributed by atoms with Crippen LogP contribution in [0.25, 0.3) is 21.5 Å². The molecule has 0 aliphatic heterocycles. The Labute approximate surface area is 182 Å². The van der Waals surface area contributed by atoms with Crippen LogP contribution in [0.5, 0.6) is 0 Å². The van der Waals surface area contributed by atoms with Crippen molar-refractivity contribution in [3.8, 4) is 0 Å². The SMILES string of the molecule is CC(C)N(Cc1ccccc1)C(=O)COC(=O)c1c2ccccc2cc2ccccc12. The van der Waals surface area contributed by atoms with E-state index in [4.69, 9.17) is 4.74 Å². The van der Waals surface area contributed by atoms with Crippen molar-refractivity contribution in [1.29, 1.82) is 0 Å². The normalized spacial score (nSPS) is 11.1.